The number of rotatable bonds is 9. The molecule has 0 aliphatic heterocycles. The van der Waals surface area contributed by atoms with E-state index in [0.717, 1.165) is 24.2 Å². The molecule has 0 fully saturated rings. The van der Waals surface area contributed by atoms with Gasteiger partial charge in [0, 0.05) is 33.0 Å². The number of nitrogens with one attached hydrogen (secondary N) is 1. The fourth-order valence-corrected chi connectivity index (χ4v) is 2.03. The highest BCUT2D eigenvalue weighted by atomic mass is 16.5. The number of ether oxygens (including phenoxy) is 1. The van der Waals surface area contributed by atoms with Crippen LogP contribution in [0.1, 0.15) is 38.7 Å². The minimum Gasteiger partial charge on any atom is -0.497 e. The van der Waals surface area contributed by atoms with Crippen LogP contribution in [0.3, 0.4) is 0 Å². The maximum absolute atomic E-state index is 11.7. The van der Waals surface area contributed by atoms with Crippen LogP contribution >= 0.6 is 0 Å². The van der Waals surface area contributed by atoms with E-state index in [2.05, 4.69) is 12.2 Å². The quantitative estimate of drug-likeness (QED) is 0.713. The molecule has 122 valence electrons. The predicted molar refractivity (Wildman–Crippen MR) is 86.6 cm³/mol. The van der Waals surface area contributed by atoms with Crippen LogP contribution in [-0.4, -0.2) is 36.9 Å². The number of carbonyl (C=O) groups excluding carboxylic acids is 2. The van der Waals surface area contributed by atoms with Crippen LogP contribution in [0.25, 0.3) is 0 Å². The van der Waals surface area contributed by atoms with Gasteiger partial charge in [0.25, 0.3) is 0 Å². The van der Waals surface area contributed by atoms with E-state index in [1.54, 1.807) is 12.0 Å². The summed E-state index contributed by atoms with van der Waals surface area (Å²) >= 11 is 0. The highest BCUT2D eigenvalue weighted by Gasteiger charge is 2.11. The Morgan fingerprint density at radius 1 is 1.23 bits per heavy atom. The summed E-state index contributed by atoms with van der Waals surface area (Å²) in [6.45, 7) is 5.24. The third kappa shape index (κ3) is 6.61. The van der Waals surface area contributed by atoms with Gasteiger partial charge >= 0.3 is 0 Å². The first-order valence-corrected chi connectivity index (χ1v) is 7.72. The molecule has 0 saturated heterocycles. The lowest BCUT2D eigenvalue weighted by atomic mass is 10.2. The first-order chi connectivity index (χ1) is 10.6. The molecule has 2 amide bonds. The third-order valence-corrected chi connectivity index (χ3v) is 3.44. The molecule has 22 heavy (non-hydrogen) atoms. The van der Waals surface area contributed by atoms with Crippen molar-refractivity contribution in [2.45, 2.75) is 39.7 Å². The summed E-state index contributed by atoms with van der Waals surface area (Å²) in [5.74, 6) is 0.750. The Bertz CT molecular complexity index is 471. The molecule has 0 atom stereocenters. The lowest BCUT2D eigenvalue weighted by molar-refractivity contribution is -0.130. The smallest absolute Gasteiger partial charge is 0.221 e. The zero-order valence-corrected chi connectivity index (χ0v) is 13.7. The van der Waals surface area contributed by atoms with Crippen LogP contribution < -0.4 is 10.1 Å². The number of hydrogen-bond donors (Lipinski definition) is 1. The highest BCUT2D eigenvalue weighted by molar-refractivity contribution is 5.78. The molecule has 0 unspecified atom stereocenters. The van der Waals surface area contributed by atoms with E-state index >= 15 is 0 Å². The second-order valence-electron chi connectivity index (χ2n) is 5.24. The molecule has 0 heterocycles. The predicted octanol–water partition coefficient (Wildman–Crippen LogP) is 2.35. The van der Waals surface area contributed by atoms with Crippen LogP contribution in [0.5, 0.6) is 5.75 Å². The van der Waals surface area contributed by atoms with Crippen molar-refractivity contribution in [1.29, 1.82) is 0 Å². The molecule has 5 heteroatoms. The van der Waals surface area contributed by atoms with E-state index in [4.69, 9.17) is 4.74 Å². The zero-order valence-electron chi connectivity index (χ0n) is 13.7. The van der Waals surface area contributed by atoms with E-state index in [9.17, 15) is 9.59 Å². The monoisotopic (exact) mass is 306 g/mol. The van der Waals surface area contributed by atoms with Crippen LogP contribution in [0, 0.1) is 0 Å². The molecule has 0 spiro atoms. The first kappa shape index (κ1) is 18.0. The van der Waals surface area contributed by atoms with Crippen LogP contribution in [0.15, 0.2) is 24.3 Å². The topological polar surface area (TPSA) is 58.6 Å². The average Bonchev–Trinajstić information content (AvgIpc) is 2.52. The van der Waals surface area contributed by atoms with Gasteiger partial charge in [-0.05, 0) is 24.1 Å². The van der Waals surface area contributed by atoms with Crippen molar-refractivity contribution in [3.63, 3.8) is 0 Å². The maximum Gasteiger partial charge on any atom is 0.221 e. The summed E-state index contributed by atoms with van der Waals surface area (Å²) < 4.78 is 5.11. The van der Waals surface area contributed by atoms with Crippen molar-refractivity contribution < 1.29 is 14.3 Å². The fraction of sp³-hybridized carbons (Fsp3) is 0.529. The molecule has 0 aliphatic carbocycles. The molecule has 0 aromatic heterocycles. The molecule has 1 N–H and O–H groups in total. The summed E-state index contributed by atoms with van der Waals surface area (Å²) in [7, 11) is 1.62. The van der Waals surface area contributed by atoms with E-state index in [1.807, 2.05) is 24.3 Å². The SMILES string of the molecule is CCCCNC(=O)CCN(Cc1ccc(OC)cc1)C(C)=O. The van der Waals surface area contributed by atoms with Gasteiger partial charge in [-0.25, -0.2) is 0 Å². The maximum atomic E-state index is 11.7. The van der Waals surface area contributed by atoms with Crippen LogP contribution in [0.2, 0.25) is 0 Å². The number of amides is 2. The Balaban J connectivity index is 2.47. The zero-order chi connectivity index (χ0) is 16.4. The largest absolute Gasteiger partial charge is 0.497 e. The summed E-state index contributed by atoms with van der Waals surface area (Å²) in [5, 5.41) is 2.86. The highest BCUT2D eigenvalue weighted by Crippen LogP contribution is 2.13. The number of unbranched alkanes of at least 4 members (excludes halogenated alkanes) is 1. The molecule has 5 nitrogen and oxygen atoms in total. The minimum absolute atomic E-state index is 0.00516. The van der Waals surface area contributed by atoms with Gasteiger partial charge in [0.15, 0.2) is 0 Å². The van der Waals surface area contributed by atoms with Gasteiger partial charge in [-0.15, -0.1) is 0 Å². The van der Waals surface area contributed by atoms with Gasteiger partial charge in [0.1, 0.15) is 5.75 Å². The molecule has 0 aliphatic rings. The second kappa shape index (κ2) is 9.82. The molecule has 1 aromatic carbocycles. The van der Waals surface area contributed by atoms with Gasteiger partial charge in [-0.1, -0.05) is 25.5 Å². The van der Waals surface area contributed by atoms with E-state index in [1.165, 1.54) is 6.92 Å². The Hall–Kier alpha value is -2.04. The van der Waals surface area contributed by atoms with Gasteiger partial charge in [0.05, 0.1) is 7.11 Å². The standard InChI is InChI=1S/C17H26N2O3/c1-4-5-11-18-17(21)10-12-19(14(2)20)13-15-6-8-16(22-3)9-7-15/h6-9H,4-5,10-13H2,1-3H3,(H,18,21). The van der Waals surface area contributed by atoms with Gasteiger partial charge < -0.3 is 15.0 Å². The van der Waals surface area contributed by atoms with Gasteiger partial charge in [-0.3, -0.25) is 9.59 Å². The average molecular weight is 306 g/mol. The van der Waals surface area contributed by atoms with Crippen molar-refractivity contribution in [1.82, 2.24) is 10.2 Å². The Morgan fingerprint density at radius 2 is 1.91 bits per heavy atom. The molecule has 0 bridgehead atoms. The molecule has 1 rings (SSSR count). The van der Waals surface area contributed by atoms with E-state index in [-0.39, 0.29) is 11.8 Å². The third-order valence-electron chi connectivity index (χ3n) is 3.44. The van der Waals surface area contributed by atoms with Crippen LogP contribution in [0.4, 0.5) is 0 Å². The minimum atomic E-state index is -0.0304. The Kier molecular flexibility index (Phi) is 8.04. The molecule has 1 aromatic rings. The van der Waals surface area contributed by atoms with Crippen molar-refractivity contribution in [2.75, 3.05) is 20.2 Å². The summed E-state index contributed by atoms with van der Waals surface area (Å²) in [6, 6.07) is 7.59. The summed E-state index contributed by atoms with van der Waals surface area (Å²) in [5.41, 5.74) is 1.02. The summed E-state index contributed by atoms with van der Waals surface area (Å²) in [4.78, 5) is 25.1. The number of carbonyl (C=O) groups is 2. The number of hydrogen-bond acceptors (Lipinski definition) is 3. The van der Waals surface area contributed by atoms with Crippen LogP contribution in [-0.2, 0) is 16.1 Å². The van der Waals surface area contributed by atoms with Crippen molar-refractivity contribution >= 4 is 11.8 Å². The normalized spacial score (nSPS) is 10.1. The molecular weight excluding hydrogens is 280 g/mol. The van der Waals surface area contributed by atoms with Gasteiger partial charge in [-0.2, -0.15) is 0 Å². The van der Waals surface area contributed by atoms with Crippen molar-refractivity contribution in [3.05, 3.63) is 29.8 Å². The lowest BCUT2D eigenvalue weighted by Crippen LogP contribution is -2.33. The number of methoxy groups -OCH3 is 1. The van der Waals surface area contributed by atoms with E-state index < -0.39 is 0 Å². The molecule has 0 radical (unpaired) electrons. The van der Waals surface area contributed by atoms with Crippen molar-refractivity contribution in [3.8, 4) is 5.75 Å². The van der Waals surface area contributed by atoms with Crippen molar-refractivity contribution in [2.24, 2.45) is 0 Å². The fourth-order valence-electron chi connectivity index (χ4n) is 2.03. The molecule has 0 saturated carbocycles. The van der Waals surface area contributed by atoms with E-state index in [0.29, 0.717) is 26.1 Å². The first-order valence-electron chi connectivity index (χ1n) is 7.72. The van der Waals surface area contributed by atoms with Gasteiger partial charge in [0.2, 0.25) is 11.8 Å². The lowest BCUT2D eigenvalue weighted by Gasteiger charge is -2.21. The molecular formula is C17H26N2O3. The second-order valence-corrected chi connectivity index (χ2v) is 5.24. The number of nitrogens with zero attached hydrogens (tertiary/aromatic N) is 1. The Morgan fingerprint density at radius 3 is 2.45 bits per heavy atom. The number of benzene rings is 1. The Labute approximate surface area is 132 Å². The summed E-state index contributed by atoms with van der Waals surface area (Å²) in [6.07, 6.45) is 2.37.